The Balaban J connectivity index is 4.06. The lowest BCUT2D eigenvalue weighted by molar-refractivity contribution is -0.870. The molecule has 0 saturated carbocycles. The molecular weight excluding hydrogens is 936 g/mol. The Labute approximate surface area is 462 Å². The van der Waals surface area contributed by atoms with E-state index in [4.69, 9.17) is 9.05 Å². The molecule has 0 aromatic heterocycles. The minimum Gasteiger partial charge on any atom is -0.387 e. The number of phosphoric ester groups is 1. The molecule has 0 aromatic rings. The normalized spacial score (nSPS) is 13.8. The summed E-state index contributed by atoms with van der Waals surface area (Å²) in [5.74, 6) is -0.168. The Morgan fingerprint density at radius 1 is 0.446 bits per heavy atom. The molecule has 74 heavy (non-hydrogen) atoms. The predicted molar refractivity (Wildman–Crippen MR) is 323 cm³/mol. The Hall–Kier alpha value is -0.760. The molecule has 0 bridgehead atoms. The van der Waals surface area contributed by atoms with Gasteiger partial charge in [0.05, 0.1) is 39.9 Å². The van der Waals surface area contributed by atoms with E-state index in [1.807, 2.05) is 27.2 Å². The van der Waals surface area contributed by atoms with Gasteiger partial charge in [0, 0.05) is 6.42 Å². The van der Waals surface area contributed by atoms with Crippen LogP contribution in [0.3, 0.4) is 0 Å². The van der Waals surface area contributed by atoms with Crippen molar-refractivity contribution in [2.24, 2.45) is 0 Å². The number of allylic oxidation sites excluding steroid dienone is 1. The van der Waals surface area contributed by atoms with Crippen LogP contribution < -0.4 is 5.32 Å². The summed E-state index contributed by atoms with van der Waals surface area (Å²) in [5, 5.41) is 14.0. The molecule has 9 heteroatoms. The fourth-order valence-electron chi connectivity index (χ4n) is 10.3. The van der Waals surface area contributed by atoms with E-state index in [0.29, 0.717) is 17.4 Å². The number of nitrogens with one attached hydrogen (secondary N) is 1. The summed E-state index contributed by atoms with van der Waals surface area (Å²) >= 11 is 0. The lowest BCUT2D eigenvalue weighted by Gasteiger charge is -2.25. The van der Waals surface area contributed by atoms with Crippen molar-refractivity contribution in [1.29, 1.82) is 0 Å². The number of aliphatic hydroxyl groups excluding tert-OH is 1. The van der Waals surface area contributed by atoms with Gasteiger partial charge in [-0.15, -0.1) is 0 Å². The number of quaternary nitrogens is 1. The van der Waals surface area contributed by atoms with E-state index >= 15 is 0 Å². The molecule has 0 saturated heterocycles. The fourth-order valence-corrected chi connectivity index (χ4v) is 11.1. The van der Waals surface area contributed by atoms with Crippen molar-refractivity contribution in [3.05, 3.63) is 12.2 Å². The number of phosphoric acid groups is 1. The first kappa shape index (κ1) is 73.2. The van der Waals surface area contributed by atoms with Crippen LogP contribution in [-0.2, 0) is 18.4 Å². The summed E-state index contributed by atoms with van der Waals surface area (Å²) < 4.78 is 23.8. The molecule has 8 nitrogen and oxygen atoms in total. The number of carbonyl (C=O) groups excluding carboxylic acids is 1. The Bertz CT molecular complexity index is 1210. The van der Waals surface area contributed by atoms with Gasteiger partial charge in [-0.05, 0) is 19.3 Å². The smallest absolute Gasteiger partial charge is 0.387 e. The van der Waals surface area contributed by atoms with Crippen LogP contribution in [0.4, 0.5) is 0 Å². The average molecular weight is 1070 g/mol. The van der Waals surface area contributed by atoms with Crippen LogP contribution in [0, 0.1) is 0 Å². The zero-order chi connectivity index (χ0) is 54.2. The molecule has 0 rings (SSSR count). The lowest BCUT2D eigenvalue weighted by Crippen LogP contribution is -2.45. The van der Waals surface area contributed by atoms with E-state index in [0.717, 1.165) is 32.1 Å². The van der Waals surface area contributed by atoms with Crippen molar-refractivity contribution in [3.8, 4) is 0 Å². The number of likely N-dealkylation sites (N-methyl/N-ethyl adjacent to an activating group) is 1. The predicted octanol–water partition coefficient (Wildman–Crippen LogP) is 20.6. The van der Waals surface area contributed by atoms with Crippen LogP contribution in [0.2, 0.25) is 0 Å². The number of carbonyl (C=O) groups is 1. The highest BCUT2D eigenvalue weighted by atomic mass is 31.2. The van der Waals surface area contributed by atoms with Gasteiger partial charge in [-0.1, -0.05) is 334 Å². The standard InChI is InChI=1S/C65H131N2O6P/c1-6-8-10-12-14-16-18-20-22-24-26-28-30-31-32-33-34-35-36-37-38-40-42-44-46-48-50-52-54-56-58-64(68)63(62-73-74(70,71)72-61-60-67(3,4)5)66-65(69)59-57-55-53-51-49-47-45-43-41-39-29-27-25-23-21-19-17-15-13-11-9-7-2/h56,58,63-64,68H,6-55,57,59-62H2,1-5H3,(H-,66,69,70,71)/p+1/b58-56+. The van der Waals surface area contributed by atoms with Crippen molar-refractivity contribution < 1.29 is 32.9 Å². The van der Waals surface area contributed by atoms with Crippen molar-refractivity contribution in [3.63, 3.8) is 0 Å². The molecule has 0 fully saturated rings. The number of nitrogens with zero attached hydrogens (tertiary/aromatic N) is 1. The van der Waals surface area contributed by atoms with E-state index in [2.05, 4.69) is 19.2 Å². The first-order chi connectivity index (χ1) is 36.0. The third kappa shape index (κ3) is 58.9. The molecule has 1 amide bonds. The molecule has 0 aliphatic heterocycles. The maximum atomic E-state index is 13.0. The minimum absolute atomic E-state index is 0.0654. The average Bonchev–Trinajstić information content (AvgIpc) is 3.36. The maximum Gasteiger partial charge on any atom is 0.472 e. The highest BCUT2D eigenvalue weighted by molar-refractivity contribution is 7.47. The monoisotopic (exact) mass is 1070 g/mol. The fraction of sp³-hybridized carbons (Fsp3) is 0.954. The Morgan fingerprint density at radius 3 is 1.00 bits per heavy atom. The first-order valence-corrected chi connectivity index (χ1v) is 34.6. The van der Waals surface area contributed by atoms with Gasteiger partial charge in [0.1, 0.15) is 13.2 Å². The quantitative estimate of drug-likeness (QED) is 0.0243. The second kappa shape index (κ2) is 56.9. The molecule has 0 spiro atoms. The van der Waals surface area contributed by atoms with Crippen LogP contribution in [0.25, 0.3) is 0 Å². The highest BCUT2D eigenvalue weighted by Gasteiger charge is 2.28. The third-order valence-electron chi connectivity index (χ3n) is 15.5. The van der Waals surface area contributed by atoms with Gasteiger partial charge in [-0.3, -0.25) is 13.8 Å². The summed E-state index contributed by atoms with van der Waals surface area (Å²) in [5.41, 5.74) is 0. The van der Waals surface area contributed by atoms with Gasteiger partial charge >= 0.3 is 7.82 Å². The maximum absolute atomic E-state index is 13.0. The van der Waals surface area contributed by atoms with Crippen LogP contribution in [0.15, 0.2) is 12.2 Å². The zero-order valence-corrected chi connectivity index (χ0v) is 51.5. The van der Waals surface area contributed by atoms with Gasteiger partial charge in [0.25, 0.3) is 0 Å². The molecule has 442 valence electrons. The van der Waals surface area contributed by atoms with Crippen molar-refractivity contribution in [1.82, 2.24) is 5.32 Å². The van der Waals surface area contributed by atoms with E-state index in [-0.39, 0.29) is 19.1 Å². The minimum atomic E-state index is -4.35. The highest BCUT2D eigenvalue weighted by Crippen LogP contribution is 2.43. The van der Waals surface area contributed by atoms with Gasteiger partial charge in [0.2, 0.25) is 5.91 Å². The number of hydrogen-bond donors (Lipinski definition) is 3. The SMILES string of the molecule is CCCCCCCCCCCCCCCCCCCCCCCCCCCCCC/C=C/C(O)C(COP(=O)(O)OCC[N+](C)(C)C)NC(=O)CCCCCCCCCCCCCCCCCCCCCCCC. The number of unbranched alkanes of at least 4 members (excludes halogenated alkanes) is 49. The Kier molecular flexibility index (Phi) is 56.4. The first-order valence-electron chi connectivity index (χ1n) is 33.1. The van der Waals surface area contributed by atoms with Gasteiger partial charge in [-0.25, -0.2) is 4.57 Å². The number of aliphatic hydroxyl groups is 1. The third-order valence-corrected chi connectivity index (χ3v) is 16.5. The number of rotatable bonds is 62. The van der Waals surface area contributed by atoms with Crippen LogP contribution in [-0.4, -0.2) is 73.4 Å². The Morgan fingerprint density at radius 2 is 0.716 bits per heavy atom. The topological polar surface area (TPSA) is 105 Å². The summed E-state index contributed by atoms with van der Waals surface area (Å²) in [6.45, 7) is 4.88. The number of hydrogen-bond acceptors (Lipinski definition) is 5. The summed E-state index contributed by atoms with van der Waals surface area (Å²) in [6.07, 6.45) is 72.0. The second-order valence-corrected chi connectivity index (χ2v) is 25.7. The number of amides is 1. The largest absolute Gasteiger partial charge is 0.472 e. The molecule has 0 heterocycles. The van der Waals surface area contributed by atoms with Crippen LogP contribution >= 0.6 is 7.82 Å². The van der Waals surface area contributed by atoms with E-state index < -0.39 is 20.0 Å². The molecule has 0 radical (unpaired) electrons. The lowest BCUT2D eigenvalue weighted by atomic mass is 10.0. The molecule has 3 atom stereocenters. The summed E-state index contributed by atoms with van der Waals surface area (Å²) in [4.78, 5) is 23.4. The molecule has 3 N–H and O–H groups in total. The molecular formula is C65H132N2O6P+. The molecule has 0 aliphatic carbocycles. The zero-order valence-electron chi connectivity index (χ0n) is 50.6. The van der Waals surface area contributed by atoms with Gasteiger partial charge in [0.15, 0.2) is 0 Å². The van der Waals surface area contributed by atoms with E-state index in [9.17, 15) is 19.4 Å². The van der Waals surface area contributed by atoms with Gasteiger partial charge < -0.3 is 19.8 Å². The summed E-state index contributed by atoms with van der Waals surface area (Å²) in [6, 6.07) is -0.843. The molecule has 0 aliphatic rings. The molecule has 0 aromatic carbocycles. The van der Waals surface area contributed by atoms with E-state index in [1.165, 1.54) is 295 Å². The van der Waals surface area contributed by atoms with Crippen LogP contribution in [0.1, 0.15) is 348 Å². The van der Waals surface area contributed by atoms with Crippen molar-refractivity contribution in [2.75, 3.05) is 40.9 Å². The van der Waals surface area contributed by atoms with Crippen molar-refractivity contribution in [2.45, 2.75) is 360 Å². The van der Waals surface area contributed by atoms with Gasteiger partial charge in [-0.2, -0.15) is 0 Å². The van der Waals surface area contributed by atoms with Crippen molar-refractivity contribution >= 4 is 13.7 Å². The van der Waals surface area contributed by atoms with E-state index in [1.54, 1.807) is 6.08 Å². The summed E-state index contributed by atoms with van der Waals surface area (Å²) in [7, 11) is 1.59. The molecule has 3 unspecified atom stereocenters. The van der Waals surface area contributed by atoms with Crippen LogP contribution in [0.5, 0.6) is 0 Å². The second-order valence-electron chi connectivity index (χ2n) is 24.2.